The lowest BCUT2D eigenvalue weighted by Crippen LogP contribution is -2.08. The Labute approximate surface area is 70.6 Å². The molecule has 0 spiro atoms. The maximum Gasteiger partial charge on any atom is 0.143 e. The van der Waals surface area contributed by atoms with Gasteiger partial charge in [0.2, 0.25) is 0 Å². The molecule has 1 aromatic rings. The summed E-state index contributed by atoms with van der Waals surface area (Å²) in [6, 6.07) is 7.90. The predicted molar refractivity (Wildman–Crippen MR) is 50.7 cm³/mol. The van der Waals surface area contributed by atoms with Gasteiger partial charge in [-0.2, -0.15) is 5.10 Å². The summed E-state index contributed by atoms with van der Waals surface area (Å²) in [5.74, 6) is 0.492. The molecule has 0 unspecified atom stereocenters. The molecule has 1 heterocycles. The molecule has 3 heteroatoms. The van der Waals surface area contributed by atoms with E-state index in [1.54, 1.807) is 6.08 Å². The van der Waals surface area contributed by atoms with Gasteiger partial charge < -0.3 is 5.73 Å². The highest BCUT2D eigenvalue weighted by molar-refractivity contribution is 5.97. The molecule has 1 aromatic carbocycles. The fourth-order valence-corrected chi connectivity index (χ4v) is 1.08. The molecule has 0 saturated carbocycles. The van der Waals surface area contributed by atoms with Gasteiger partial charge in [-0.1, -0.05) is 18.2 Å². The van der Waals surface area contributed by atoms with Gasteiger partial charge in [0.25, 0.3) is 0 Å². The molecule has 1 aliphatic heterocycles. The van der Waals surface area contributed by atoms with Crippen molar-refractivity contribution in [1.82, 2.24) is 0 Å². The number of anilines is 1. The third kappa shape index (κ3) is 1.16. The normalized spacial score (nSPS) is 14.2. The van der Waals surface area contributed by atoms with E-state index in [9.17, 15) is 0 Å². The van der Waals surface area contributed by atoms with E-state index in [1.807, 2.05) is 30.3 Å². The summed E-state index contributed by atoms with van der Waals surface area (Å²) in [6.45, 7) is 0. The third-order valence-electron chi connectivity index (χ3n) is 1.70. The van der Waals surface area contributed by atoms with E-state index in [-0.39, 0.29) is 0 Å². The number of hydrazone groups is 1. The van der Waals surface area contributed by atoms with Gasteiger partial charge in [0.1, 0.15) is 5.84 Å². The van der Waals surface area contributed by atoms with Gasteiger partial charge in [0, 0.05) is 0 Å². The van der Waals surface area contributed by atoms with Gasteiger partial charge in [0.05, 0.1) is 5.69 Å². The predicted octanol–water partition coefficient (Wildman–Crippen LogP) is 1.40. The van der Waals surface area contributed by atoms with Crippen LogP contribution in [0.4, 0.5) is 5.69 Å². The molecule has 0 bridgehead atoms. The zero-order valence-corrected chi connectivity index (χ0v) is 6.49. The summed E-state index contributed by atoms with van der Waals surface area (Å²) in [5.41, 5.74) is 10.5. The number of hydrogen-bond acceptors (Lipinski definition) is 3. The molecule has 3 N–H and O–H groups in total. The second-order valence-electron chi connectivity index (χ2n) is 2.57. The van der Waals surface area contributed by atoms with E-state index in [1.165, 1.54) is 0 Å². The Hall–Kier alpha value is -1.77. The van der Waals surface area contributed by atoms with Gasteiger partial charge >= 0.3 is 0 Å². The van der Waals surface area contributed by atoms with Crippen molar-refractivity contribution in [3.8, 4) is 0 Å². The minimum atomic E-state index is 0.492. The molecule has 0 atom stereocenters. The second kappa shape index (κ2) is 2.70. The zero-order chi connectivity index (χ0) is 8.39. The van der Waals surface area contributed by atoms with Gasteiger partial charge in [-0.3, -0.25) is 5.43 Å². The monoisotopic (exact) mass is 159 g/mol. The summed E-state index contributed by atoms with van der Waals surface area (Å²) < 4.78 is 0. The minimum absolute atomic E-state index is 0.492. The lowest BCUT2D eigenvalue weighted by molar-refractivity contribution is 1.32. The molecule has 1 aliphatic rings. The van der Waals surface area contributed by atoms with Crippen LogP contribution in [0.3, 0.4) is 0 Å². The fraction of sp³-hybridized carbons (Fsp3) is 0. The van der Waals surface area contributed by atoms with Crippen LogP contribution >= 0.6 is 0 Å². The van der Waals surface area contributed by atoms with Crippen molar-refractivity contribution in [2.75, 3.05) is 5.43 Å². The summed E-state index contributed by atoms with van der Waals surface area (Å²) in [7, 11) is 0. The molecule has 60 valence electrons. The average molecular weight is 159 g/mol. The Morgan fingerprint density at radius 3 is 2.92 bits per heavy atom. The van der Waals surface area contributed by atoms with Gasteiger partial charge in [0.15, 0.2) is 0 Å². The Balaban J connectivity index is 2.48. The van der Waals surface area contributed by atoms with Crippen LogP contribution in [0.15, 0.2) is 35.4 Å². The van der Waals surface area contributed by atoms with Crippen LogP contribution in [0.5, 0.6) is 0 Å². The topological polar surface area (TPSA) is 50.4 Å². The maximum atomic E-state index is 5.51. The first-order chi connectivity index (χ1) is 5.86. The van der Waals surface area contributed by atoms with E-state index in [2.05, 4.69) is 10.5 Å². The van der Waals surface area contributed by atoms with Crippen LogP contribution in [-0.4, -0.2) is 5.84 Å². The lowest BCUT2D eigenvalue weighted by Gasteiger charge is -2.01. The maximum absolute atomic E-state index is 5.51. The van der Waals surface area contributed by atoms with Gasteiger partial charge in [-0.25, -0.2) is 0 Å². The van der Waals surface area contributed by atoms with E-state index in [0.29, 0.717) is 5.84 Å². The molecule has 0 aromatic heterocycles. The average Bonchev–Trinajstić information content (AvgIpc) is 2.29. The first-order valence-electron chi connectivity index (χ1n) is 3.72. The van der Waals surface area contributed by atoms with Gasteiger partial charge in [-0.05, 0) is 23.8 Å². The van der Waals surface area contributed by atoms with Crippen LogP contribution in [-0.2, 0) is 0 Å². The first kappa shape index (κ1) is 6.91. The van der Waals surface area contributed by atoms with Crippen molar-refractivity contribution in [2.24, 2.45) is 10.8 Å². The summed E-state index contributed by atoms with van der Waals surface area (Å²) in [6.07, 6.45) is 3.72. The van der Waals surface area contributed by atoms with Crippen molar-refractivity contribution in [1.29, 1.82) is 0 Å². The van der Waals surface area contributed by atoms with E-state index >= 15 is 0 Å². The number of nitrogens with one attached hydrogen (secondary N) is 1. The van der Waals surface area contributed by atoms with Crippen molar-refractivity contribution < 1.29 is 0 Å². The van der Waals surface area contributed by atoms with Crippen LogP contribution in [0.2, 0.25) is 0 Å². The van der Waals surface area contributed by atoms with Crippen LogP contribution in [0.1, 0.15) is 5.56 Å². The highest BCUT2D eigenvalue weighted by Crippen LogP contribution is 2.17. The third-order valence-corrected chi connectivity index (χ3v) is 1.70. The first-order valence-corrected chi connectivity index (χ1v) is 3.72. The quantitative estimate of drug-likeness (QED) is 0.601. The van der Waals surface area contributed by atoms with Crippen LogP contribution in [0.25, 0.3) is 6.08 Å². The Morgan fingerprint density at radius 2 is 2.00 bits per heavy atom. The van der Waals surface area contributed by atoms with Crippen molar-refractivity contribution in [2.45, 2.75) is 0 Å². The Morgan fingerprint density at radius 1 is 1.17 bits per heavy atom. The number of fused-ring (bicyclic) bond motifs is 1. The minimum Gasteiger partial charge on any atom is -0.382 e. The van der Waals surface area contributed by atoms with Crippen molar-refractivity contribution in [3.63, 3.8) is 0 Å². The molecule has 0 fully saturated rings. The Bertz CT molecular complexity index is 353. The molecule has 3 nitrogen and oxygen atoms in total. The zero-order valence-electron chi connectivity index (χ0n) is 6.49. The number of rotatable bonds is 0. The fourth-order valence-electron chi connectivity index (χ4n) is 1.08. The Kier molecular flexibility index (Phi) is 1.55. The molecule has 0 amide bonds. The van der Waals surface area contributed by atoms with Crippen LogP contribution < -0.4 is 11.2 Å². The summed E-state index contributed by atoms with van der Waals surface area (Å²) in [5, 5.41) is 3.92. The highest BCUT2D eigenvalue weighted by atomic mass is 15.3. The number of hydrogen-bond donors (Lipinski definition) is 2. The largest absolute Gasteiger partial charge is 0.382 e. The molecule has 12 heavy (non-hydrogen) atoms. The highest BCUT2D eigenvalue weighted by Gasteiger charge is 1.99. The molecular formula is C9H9N3. The standard InChI is InChI=1S/C9H9N3/c10-9-6-5-7-3-1-2-4-8(7)11-12-9/h1-6,11H,(H2,10,12). The molecule has 2 rings (SSSR count). The SMILES string of the molecule is NC1=NNc2ccccc2C=C1. The molecule has 0 saturated heterocycles. The van der Waals surface area contributed by atoms with E-state index in [0.717, 1.165) is 11.3 Å². The van der Waals surface area contributed by atoms with Gasteiger partial charge in [-0.15, -0.1) is 0 Å². The van der Waals surface area contributed by atoms with Crippen LogP contribution in [0, 0.1) is 0 Å². The van der Waals surface area contributed by atoms with E-state index < -0.39 is 0 Å². The number of nitrogens with two attached hydrogens (primary N) is 1. The molecule has 0 radical (unpaired) electrons. The molecule has 0 aliphatic carbocycles. The lowest BCUT2D eigenvalue weighted by atomic mass is 10.2. The smallest absolute Gasteiger partial charge is 0.143 e. The molecular weight excluding hydrogens is 150 g/mol. The number of nitrogens with zero attached hydrogens (tertiary/aromatic N) is 1. The number of benzene rings is 1. The second-order valence-corrected chi connectivity index (χ2v) is 2.57. The van der Waals surface area contributed by atoms with Crippen molar-refractivity contribution >= 4 is 17.6 Å². The summed E-state index contributed by atoms with van der Waals surface area (Å²) in [4.78, 5) is 0. The van der Waals surface area contributed by atoms with Crippen molar-refractivity contribution in [3.05, 3.63) is 35.9 Å². The number of para-hydroxylation sites is 1. The summed E-state index contributed by atoms with van der Waals surface area (Å²) >= 11 is 0. The van der Waals surface area contributed by atoms with E-state index in [4.69, 9.17) is 5.73 Å². The number of amidine groups is 1.